The topological polar surface area (TPSA) is 210 Å². The minimum absolute atomic E-state index is 0.0325. The van der Waals surface area contributed by atoms with Gasteiger partial charge in [0.1, 0.15) is 0 Å². The number of aromatic amines is 1. The van der Waals surface area contributed by atoms with Gasteiger partial charge in [-0.3, -0.25) is 9.59 Å². The van der Waals surface area contributed by atoms with Gasteiger partial charge < -0.3 is 20.1 Å². The maximum Gasteiger partial charge on any atom is 0.307 e. The normalized spacial score (nSPS) is 18.1. The van der Waals surface area contributed by atoms with Crippen molar-refractivity contribution in [3.63, 3.8) is 0 Å². The predicted molar refractivity (Wildman–Crippen MR) is 158 cm³/mol. The second-order valence-corrected chi connectivity index (χ2v) is 13.4. The molecule has 0 aliphatic carbocycles. The maximum atomic E-state index is 13.8. The molecule has 1 saturated heterocycles. The Kier molecular flexibility index (Phi) is 8.36. The van der Waals surface area contributed by atoms with Gasteiger partial charge >= 0.3 is 10.2 Å². The fraction of sp³-hybridized carbons (Fsp3) is 0.400. The van der Waals surface area contributed by atoms with Crippen LogP contribution < -0.4 is 11.2 Å². The minimum Gasteiger partial charge on any atom is -0.349 e. The van der Waals surface area contributed by atoms with Gasteiger partial charge in [0, 0.05) is 73.6 Å². The molecule has 0 bridgehead atoms. The molecule has 0 saturated carbocycles. The molecular formula is C25H30N12O5S2. The zero-order valence-corrected chi connectivity index (χ0v) is 25.3. The van der Waals surface area contributed by atoms with Crippen molar-refractivity contribution in [2.24, 2.45) is 11.1 Å². The van der Waals surface area contributed by atoms with E-state index < -0.39 is 16.3 Å². The Hall–Kier alpha value is -4.30. The monoisotopic (exact) mass is 642 g/mol. The van der Waals surface area contributed by atoms with Crippen molar-refractivity contribution in [3.05, 3.63) is 57.6 Å². The summed E-state index contributed by atoms with van der Waals surface area (Å²) in [6.07, 6.45) is 5.05. The number of hydrogen-bond acceptors (Lipinski definition) is 13. The second-order valence-electron chi connectivity index (χ2n) is 10.5. The summed E-state index contributed by atoms with van der Waals surface area (Å²) in [4.78, 5) is 40.4. The van der Waals surface area contributed by atoms with Crippen LogP contribution in [0, 0.1) is 0 Å². The lowest BCUT2D eigenvalue weighted by Gasteiger charge is -2.40. The summed E-state index contributed by atoms with van der Waals surface area (Å²) in [6, 6.07) is 4.52. The summed E-state index contributed by atoms with van der Waals surface area (Å²) in [5.74, 6) is 4.54. The highest BCUT2D eigenvalue weighted by Crippen LogP contribution is 2.28. The number of tetrazole rings is 1. The number of nitrogens with zero attached hydrogens (tertiary/aromatic N) is 9. The van der Waals surface area contributed by atoms with Crippen LogP contribution in [0.5, 0.6) is 0 Å². The van der Waals surface area contributed by atoms with E-state index in [1.54, 1.807) is 23.1 Å². The summed E-state index contributed by atoms with van der Waals surface area (Å²) < 4.78 is 30.1. The summed E-state index contributed by atoms with van der Waals surface area (Å²) in [5, 5.41) is 21.4. The number of piperazine rings is 1. The SMILES string of the molecule is CN1CCc2nc(C(=O)N3CCN(S(=O)(=O)n4cc5ccc(/C=N/ON)cc5c4)CC3CC(=O)NCc3nn[nH]n3)sc2C1. The minimum atomic E-state index is -4.04. The average molecular weight is 643 g/mol. The number of hydrogen-bond donors (Lipinski definition) is 3. The van der Waals surface area contributed by atoms with Gasteiger partial charge in [0.25, 0.3) is 5.91 Å². The van der Waals surface area contributed by atoms with E-state index in [-0.39, 0.29) is 44.4 Å². The zero-order chi connectivity index (χ0) is 30.8. The van der Waals surface area contributed by atoms with Crippen LogP contribution in [-0.2, 0) is 39.5 Å². The van der Waals surface area contributed by atoms with Crippen molar-refractivity contribution < 1.29 is 22.9 Å². The largest absolute Gasteiger partial charge is 0.349 e. The van der Waals surface area contributed by atoms with Crippen molar-refractivity contribution in [2.45, 2.75) is 32.0 Å². The number of carbonyl (C=O) groups is 2. The molecule has 1 atom stereocenters. The first-order valence-electron chi connectivity index (χ1n) is 13.7. The summed E-state index contributed by atoms with van der Waals surface area (Å²) in [7, 11) is -2.02. The summed E-state index contributed by atoms with van der Waals surface area (Å²) >= 11 is 1.35. The first kappa shape index (κ1) is 29.8. The molecule has 232 valence electrons. The lowest BCUT2D eigenvalue weighted by molar-refractivity contribution is -0.122. The third kappa shape index (κ3) is 6.17. The molecule has 19 heteroatoms. The van der Waals surface area contributed by atoms with E-state index in [9.17, 15) is 18.0 Å². The van der Waals surface area contributed by atoms with Gasteiger partial charge in [0.15, 0.2) is 10.8 Å². The number of amides is 2. The van der Waals surface area contributed by atoms with Gasteiger partial charge in [-0.2, -0.15) is 17.9 Å². The van der Waals surface area contributed by atoms with E-state index in [2.05, 4.69) is 45.9 Å². The Labute approximate surface area is 255 Å². The Balaban J connectivity index is 1.24. The maximum absolute atomic E-state index is 13.8. The third-order valence-electron chi connectivity index (χ3n) is 7.56. The second kappa shape index (κ2) is 12.4. The van der Waals surface area contributed by atoms with Gasteiger partial charge in [-0.1, -0.05) is 22.5 Å². The highest BCUT2D eigenvalue weighted by atomic mass is 32.2. The van der Waals surface area contributed by atoms with Crippen molar-refractivity contribution in [3.8, 4) is 0 Å². The number of thiazole rings is 1. The molecule has 0 radical (unpaired) electrons. The van der Waals surface area contributed by atoms with Crippen LogP contribution in [-0.4, -0.2) is 109 Å². The molecule has 1 unspecified atom stereocenters. The number of benzene rings is 1. The number of nitrogens with two attached hydrogens (primary N) is 1. The van der Waals surface area contributed by atoms with Crippen LogP contribution in [0.15, 0.2) is 35.7 Å². The fourth-order valence-electron chi connectivity index (χ4n) is 5.31. The highest BCUT2D eigenvalue weighted by molar-refractivity contribution is 7.87. The zero-order valence-electron chi connectivity index (χ0n) is 23.7. The van der Waals surface area contributed by atoms with Gasteiger partial charge in [0.2, 0.25) is 5.91 Å². The Morgan fingerprint density at radius 1 is 1.25 bits per heavy atom. The lowest BCUT2D eigenvalue weighted by atomic mass is 10.1. The first-order chi connectivity index (χ1) is 21.2. The van der Waals surface area contributed by atoms with Crippen molar-refractivity contribution in [2.75, 3.05) is 33.2 Å². The molecule has 1 fully saturated rings. The molecule has 2 amide bonds. The molecule has 5 heterocycles. The third-order valence-corrected chi connectivity index (χ3v) is 10.4. The Morgan fingerprint density at radius 3 is 2.89 bits per heavy atom. The van der Waals surface area contributed by atoms with Crippen LogP contribution in [0.1, 0.15) is 38.2 Å². The Morgan fingerprint density at radius 2 is 2.09 bits per heavy atom. The lowest BCUT2D eigenvalue weighted by Crippen LogP contribution is -2.58. The van der Waals surface area contributed by atoms with Crippen LogP contribution in [0.2, 0.25) is 0 Å². The number of oxime groups is 1. The number of rotatable bonds is 9. The van der Waals surface area contributed by atoms with Gasteiger partial charge in [-0.25, -0.2) is 8.96 Å². The van der Waals surface area contributed by atoms with E-state index in [4.69, 9.17) is 5.90 Å². The van der Waals surface area contributed by atoms with Crippen LogP contribution in [0.3, 0.4) is 0 Å². The van der Waals surface area contributed by atoms with E-state index >= 15 is 0 Å². The quantitative estimate of drug-likeness (QED) is 0.156. The molecule has 1 aromatic carbocycles. The molecule has 2 aliphatic rings. The fourth-order valence-corrected chi connectivity index (χ4v) is 7.89. The Bertz CT molecular complexity index is 1800. The van der Waals surface area contributed by atoms with E-state index in [1.165, 1.54) is 34.3 Å². The van der Waals surface area contributed by atoms with Crippen molar-refractivity contribution >= 4 is 50.3 Å². The molecule has 4 aromatic rings. The van der Waals surface area contributed by atoms with Gasteiger partial charge in [0.05, 0.1) is 24.5 Å². The number of fused-ring (bicyclic) bond motifs is 2. The molecule has 3 aromatic heterocycles. The number of carbonyl (C=O) groups excluding carboxylic acids is 2. The molecule has 44 heavy (non-hydrogen) atoms. The average Bonchev–Trinajstić information content (AvgIpc) is 3.78. The van der Waals surface area contributed by atoms with Crippen LogP contribution in [0.4, 0.5) is 0 Å². The molecular weight excluding hydrogens is 612 g/mol. The van der Waals surface area contributed by atoms with Crippen molar-refractivity contribution in [1.29, 1.82) is 0 Å². The molecule has 2 aliphatic heterocycles. The number of likely N-dealkylation sites (N-methyl/N-ethyl adjacent to an activating group) is 1. The van der Waals surface area contributed by atoms with E-state index in [0.717, 1.165) is 27.5 Å². The smallest absolute Gasteiger partial charge is 0.307 e. The number of H-pyrrole nitrogens is 1. The molecule has 4 N–H and O–H groups in total. The van der Waals surface area contributed by atoms with E-state index in [0.29, 0.717) is 33.7 Å². The number of nitrogens with one attached hydrogen (secondary N) is 2. The summed E-state index contributed by atoms with van der Waals surface area (Å²) in [5.41, 5.74) is 1.59. The molecule has 17 nitrogen and oxygen atoms in total. The summed E-state index contributed by atoms with van der Waals surface area (Å²) in [6.45, 7) is 1.65. The van der Waals surface area contributed by atoms with Gasteiger partial charge in [-0.05, 0) is 18.7 Å². The van der Waals surface area contributed by atoms with Crippen LogP contribution in [0.25, 0.3) is 10.8 Å². The van der Waals surface area contributed by atoms with Crippen LogP contribution >= 0.6 is 11.3 Å². The first-order valence-corrected chi connectivity index (χ1v) is 15.9. The molecule has 0 spiro atoms. The highest BCUT2D eigenvalue weighted by Gasteiger charge is 2.39. The van der Waals surface area contributed by atoms with E-state index in [1.807, 2.05) is 7.05 Å². The molecule has 6 rings (SSSR count). The predicted octanol–water partition coefficient (Wildman–Crippen LogP) is -0.551. The number of aromatic nitrogens is 6. The van der Waals surface area contributed by atoms with Crippen molar-refractivity contribution in [1.82, 2.24) is 49.0 Å². The van der Waals surface area contributed by atoms with Gasteiger partial charge in [-0.15, -0.1) is 27.4 Å². The standard InChI is InChI=1S/C25H30N12O5S2/c1-34-5-4-20-21(15-34)43-24(29-20)25(39)37-7-6-35(14-19(37)9-23(38)27-11-22-30-32-33-31-22)44(40,41)36-12-17-3-2-16(10-28-42-26)8-18(17)13-36/h2-3,8,10,12-13,19H,4-7,9,11,14-15,26H2,1H3,(H,27,38)(H,30,31,32,33)/b28-10+.